The van der Waals surface area contributed by atoms with Gasteiger partial charge in [0, 0.05) is 24.1 Å². The first-order chi connectivity index (χ1) is 15.7. The molecular formula is C23H21F2N5OS. The van der Waals surface area contributed by atoms with Crippen molar-refractivity contribution in [2.75, 3.05) is 6.61 Å². The Morgan fingerprint density at radius 1 is 1.03 bits per heavy atom. The fourth-order valence-electron chi connectivity index (χ4n) is 3.70. The summed E-state index contributed by atoms with van der Waals surface area (Å²) in [6.45, 7) is 1.40. The molecule has 1 aliphatic rings. The molecule has 2 aromatic carbocycles. The third-order valence-electron chi connectivity index (χ3n) is 5.30. The molecule has 0 aliphatic carbocycles. The molecule has 0 radical (unpaired) electrons. The number of aromatic nitrogens is 5. The summed E-state index contributed by atoms with van der Waals surface area (Å²) in [6.07, 6.45) is 3.95. The number of hydrogen-bond acceptors (Lipinski definition) is 5. The van der Waals surface area contributed by atoms with E-state index in [9.17, 15) is 8.78 Å². The van der Waals surface area contributed by atoms with Crippen LogP contribution in [0.25, 0.3) is 17.1 Å². The van der Waals surface area contributed by atoms with Crippen LogP contribution >= 0.6 is 11.8 Å². The van der Waals surface area contributed by atoms with Crippen LogP contribution in [0.3, 0.4) is 0 Å². The zero-order chi connectivity index (χ0) is 21.9. The Morgan fingerprint density at radius 2 is 1.91 bits per heavy atom. The summed E-state index contributed by atoms with van der Waals surface area (Å²) >= 11 is 1.52. The number of thioether (sulfide) groups is 1. The zero-order valence-electron chi connectivity index (χ0n) is 17.2. The summed E-state index contributed by atoms with van der Waals surface area (Å²) in [5.41, 5.74) is 2.31. The Bertz CT molecular complexity index is 1200. The average Bonchev–Trinajstić information content (AvgIpc) is 3.55. The fourth-order valence-corrected chi connectivity index (χ4v) is 4.55. The molecule has 1 unspecified atom stereocenters. The van der Waals surface area contributed by atoms with Gasteiger partial charge >= 0.3 is 0 Å². The summed E-state index contributed by atoms with van der Waals surface area (Å²) in [7, 11) is 0. The van der Waals surface area contributed by atoms with E-state index in [2.05, 4.69) is 15.3 Å². The molecule has 6 nitrogen and oxygen atoms in total. The molecule has 2 aromatic heterocycles. The highest BCUT2D eigenvalue weighted by Crippen LogP contribution is 2.28. The molecular weight excluding hydrogens is 432 g/mol. The van der Waals surface area contributed by atoms with E-state index in [1.165, 1.54) is 36.0 Å². The maximum atomic E-state index is 13.5. The van der Waals surface area contributed by atoms with Gasteiger partial charge in [-0.1, -0.05) is 17.8 Å². The third-order valence-corrected chi connectivity index (χ3v) is 6.30. The van der Waals surface area contributed by atoms with Gasteiger partial charge in [0.25, 0.3) is 0 Å². The van der Waals surface area contributed by atoms with Crippen LogP contribution in [0.5, 0.6) is 0 Å². The van der Waals surface area contributed by atoms with E-state index in [0.29, 0.717) is 23.8 Å². The molecule has 0 N–H and O–H groups in total. The molecule has 164 valence electrons. The normalized spacial score (nSPS) is 16.0. The van der Waals surface area contributed by atoms with E-state index in [1.807, 2.05) is 16.8 Å². The maximum absolute atomic E-state index is 13.5. The lowest BCUT2D eigenvalue weighted by atomic mass is 10.2. The molecule has 3 heterocycles. The predicted octanol–water partition coefficient (Wildman–Crippen LogP) is 4.88. The van der Waals surface area contributed by atoms with Gasteiger partial charge in [-0.25, -0.2) is 13.5 Å². The fraction of sp³-hybridized carbons (Fsp3) is 0.261. The van der Waals surface area contributed by atoms with Gasteiger partial charge in [-0.3, -0.25) is 4.57 Å². The second-order valence-electron chi connectivity index (χ2n) is 7.58. The molecule has 9 heteroatoms. The summed E-state index contributed by atoms with van der Waals surface area (Å²) in [5, 5.41) is 14.1. The van der Waals surface area contributed by atoms with Crippen LogP contribution in [0, 0.1) is 11.6 Å². The number of nitrogens with zero attached hydrogens (tertiary/aromatic N) is 5. The van der Waals surface area contributed by atoms with Gasteiger partial charge in [0.05, 0.1) is 24.0 Å². The van der Waals surface area contributed by atoms with E-state index in [1.54, 1.807) is 28.9 Å². The SMILES string of the molecule is Fc1ccc(-c2nnc(SCc3ccn(-c4cccc(F)c4)n3)n2CC2CCCO2)cc1. The molecule has 0 saturated carbocycles. The largest absolute Gasteiger partial charge is 0.376 e. The number of benzene rings is 2. The molecule has 0 spiro atoms. The van der Waals surface area contributed by atoms with Crippen molar-refractivity contribution in [2.45, 2.75) is 36.4 Å². The van der Waals surface area contributed by atoms with Crippen LogP contribution in [0.15, 0.2) is 66.0 Å². The smallest absolute Gasteiger partial charge is 0.191 e. The van der Waals surface area contributed by atoms with E-state index >= 15 is 0 Å². The number of halogens is 2. The van der Waals surface area contributed by atoms with E-state index in [4.69, 9.17) is 4.74 Å². The van der Waals surface area contributed by atoms with Crippen LogP contribution < -0.4 is 0 Å². The standard InChI is InChI=1S/C23H21F2N5OS/c24-17-8-6-16(7-9-17)22-26-27-23(29(22)14-21-5-2-12-31-21)32-15-19-10-11-30(28-19)20-4-1-3-18(25)13-20/h1,3-4,6-11,13,21H,2,5,12,14-15H2. The highest BCUT2D eigenvalue weighted by Gasteiger charge is 2.22. The Morgan fingerprint density at radius 3 is 2.69 bits per heavy atom. The van der Waals surface area contributed by atoms with Crippen molar-refractivity contribution < 1.29 is 13.5 Å². The maximum Gasteiger partial charge on any atom is 0.191 e. The van der Waals surface area contributed by atoms with E-state index in [0.717, 1.165) is 35.9 Å². The van der Waals surface area contributed by atoms with Gasteiger partial charge in [-0.15, -0.1) is 10.2 Å². The highest BCUT2D eigenvalue weighted by molar-refractivity contribution is 7.98. The molecule has 32 heavy (non-hydrogen) atoms. The average molecular weight is 454 g/mol. The second-order valence-corrected chi connectivity index (χ2v) is 8.52. The third kappa shape index (κ3) is 4.58. The van der Waals surface area contributed by atoms with Gasteiger partial charge in [0.15, 0.2) is 11.0 Å². The van der Waals surface area contributed by atoms with Crippen molar-refractivity contribution in [3.8, 4) is 17.1 Å². The Balaban J connectivity index is 1.36. The van der Waals surface area contributed by atoms with Crippen LogP contribution in [-0.2, 0) is 17.0 Å². The first-order valence-corrected chi connectivity index (χ1v) is 11.4. The van der Waals surface area contributed by atoms with Crippen LogP contribution in [0.2, 0.25) is 0 Å². The van der Waals surface area contributed by atoms with Crippen LogP contribution in [-0.4, -0.2) is 37.3 Å². The van der Waals surface area contributed by atoms with Gasteiger partial charge < -0.3 is 4.74 Å². The zero-order valence-corrected chi connectivity index (χ0v) is 18.0. The first-order valence-electron chi connectivity index (χ1n) is 10.4. The summed E-state index contributed by atoms with van der Waals surface area (Å²) in [4.78, 5) is 0. The molecule has 1 atom stereocenters. The van der Waals surface area contributed by atoms with Gasteiger partial charge in [-0.2, -0.15) is 5.10 Å². The predicted molar refractivity (Wildman–Crippen MR) is 117 cm³/mol. The molecule has 0 bridgehead atoms. The van der Waals surface area contributed by atoms with E-state index < -0.39 is 0 Å². The molecule has 4 aromatic rings. The molecule has 1 fully saturated rings. The first kappa shape index (κ1) is 20.8. The van der Waals surface area contributed by atoms with E-state index in [-0.39, 0.29) is 17.7 Å². The minimum absolute atomic E-state index is 0.108. The molecule has 0 amide bonds. The minimum atomic E-state index is -0.301. The van der Waals surface area contributed by atoms with Crippen molar-refractivity contribution >= 4 is 11.8 Å². The lowest BCUT2D eigenvalue weighted by Crippen LogP contribution is -2.16. The molecule has 1 saturated heterocycles. The Kier molecular flexibility index (Phi) is 6.00. The Labute approximate surface area is 188 Å². The summed E-state index contributed by atoms with van der Waals surface area (Å²) in [6, 6.07) is 14.5. The monoisotopic (exact) mass is 453 g/mol. The second kappa shape index (κ2) is 9.22. The van der Waals surface area contributed by atoms with Crippen molar-refractivity contribution in [3.05, 3.63) is 78.1 Å². The van der Waals surface area contributed by atoms with Gasteiger partial charge in [-0.05, 0) is 61.4 Å². The number of hydrogen-bond donors (Lipinski definition) is 0. The van der Waals surface area contributed by atoms with Crippen molar-refractivity contribution in [2.24, 2.45) is 0 Å². The topological polar surface area (TPSA) is 57.8 Å². The quantitative estimate of drug-likeness (QED) is 0.373. The molecule has 1 aliphatic heterocycles. The van der Waals surface area contributed by atoms with Crippen molar-refractivity contribution in [1.82, 2.24) is 24.5 Å². The number of rotatable bonds is 7. The van der Waals surface area contributed by atoms with Gasteiger partial charge in [0.1, 0.15) is 11.6 Å². The van der Waals surface area contributed by atoms with Crippen molar-refractivity contribution in [1.29, 1.82) is 0 Å². The summed E-state index contributed by atoms with van der Waals surface area (Å²) < 4.78 is 36.4. The lowest BCUT2D eigenvalue weighted by Gasteiger charge is -2.14. The molecule has 5 rings (SSSR count). The van der Waals surface area contributed by atoms with Crippen LogP contribution in [0.4, 0.5) is 8.78 Å². The Hall–Kier alpha value is -3.04. The highest BCUT2D eigenvalue weighted by atomic mass is 32.2. The minimum Gasteiger partial charge on any atom is -0.376 e. The van der Waals surface area contributed by atoms with Crippen LogP contribution in [0.1, 0.15) is 18.5 Å². The van der Waals surface area contributed by atoms with Gasteiger partial charge in [0.2, 0.25) is 0 Å². The van der Waals surface area contributed by atoms with Crippen molar-refractivity contribution in [3.63, 3.8) is 0 Å². The number of ether oxygens (including phenoxy) is 1. The summed E-state index contributed by atoms with van der Waals surface area (Å²) in [5.74, 6) is 0.676. The lowest BCUT2D eigenvalue weighted by molar-refractivity contribution is 0.0953.